The molecule has 0 aliphatic heterocycles. The molecule has 0 rings (SSSR count). The van der Waals surface area contributed by atoms with Crippen LogP contribution in [0.3, 0.4) is 0 Å². The maximum atomic E-state index is 5.79. The van der Waals surface area contributed by atoms with Crippen LogP contribution in [0.2, 0.25) is 0 Å². The molecule has 2 N–H and O–H groups in total. The Bertz CT molecular complexity index is 151. The number of ether oxygens (including phenoxy) is 1. The Balaban J connectivity index is 3.84. The molecule has 0 heterocycles. The molecule has 0 spiro atoms. The van der Waals surface area contributed by atoms with Crippen molar-refractivity contribution in [1.82, 2.24) is 0 Å². The van der Waals surface area contributed by atoms with Crippen LogP contribution in [0.5, 0.6) is 0 Å². The number of hydrogen-bond acceptors (Lipinski definition) is 2. The Morgan fingerprint density at radius 1 is 1.07 bits per heavy atom. The van der Waals surface area contributed by atoms with E-state index in [0.717, 1.165) is 19.6 Å². The van der Waals surface area contributed by atoms with Crippen LogP contribution in [0.15, 0.2) is 0 Å². The van der Waals surface area contributed by atoms with Crippen LogP contribution < -0.4 is 5.73 Å². The Kier molecular flexibility index (Phi) is 5.68. The molecule has 0 saturated heterocycles. The second kappa shape index (κ2) is 5.72. The SMILES string of the molecule is CCCC(C)(CN)CCOC(C)(C)C. The topological polar surface area (TPSA) is 35.2 Å². The van der Waals surface area contributed by atoms with Crippen molar-refractivity contribution in [2.45, 2.75) is 59.5 Å². The molecule has 0 fully saturated rings. The first-order valence-electron chi connectivity index (χ1n) is 5.67. The fraction of sp³-hybridized carbons (Fsp3) is 1.00. The normalized spacial score (nSPS) is 16.7. The minimum atomic E-state index is -0.0261. The molecule has 0 aliphatic rings. The lowest BCUT2D eigenvalue weighted by Crippen LogP contribution is -2.30. The number of rotatable bonds is 6. The number of hydrogen-bond donors (Lipinski definition) is 1. The molecular formula is C12H27NO. The molecule has 0 amide bonds. The molecule has 0 aromatic carbocycles. The monoisotopic (exact) mass is 201 g/mol. The van der Waals surface area contributed by atoms with E-state index in [2.05, 4.69) is 34.6 Å². The van der Waals surface area contributed by atoms with Gasteiger partial charge >= 0.3 is 0 Å². The molecule has 2 heteroatoms. The van der Waals surface area contributed by atoms with E-state index in [-0.39, 0.29) is 11.0 Å². The smallest absolute Gasteiger partial charge is 0.0598 e. The molecule has 0 aromatic heterocycles. The van der Waals surface area contributed by atoms with E-state index in [9.17, 15) is 0 Å². The zero-order valence-electron chi connectivity index (χ0n) is 10.5. The van der Waals surface area contributed by atoms with Gasteiger partial charge in [-0.25, -0.2) is 0 Å². The van der Waals surface area contributed by atoms with Gasteiger partial charge in [0.15, 0.2) is 0 Å². The third-order valence-corrected chi connectivity index (χ3v) is 2.59. The van der Waals surface area contributed by atoms with Crippen molar-refractivity contribution in [3.8, 4) is 0 Å². The molecule has 0 bridgehead atoms. The van der Waals surface area contributed by atoms with Gasteiger partial charge in [0.25, 0.3) is 0 Å². The zero-order chi connectivity index (χ0) is 11.2. The lowest BCUT2D eigenvalue weighted by atomic mass is 9.83. The summed E-state index contributed by atoms with van der Waals surface area (Å²) in [6.45, 7) is 12.3. The van der Waals surface area contributed by atoms with Gasteiger partial charge in [0.05, 0.1) is 5.60 Å². The highest BCUT2D eigenvalue weighted by Crippen LogP contribution is 2.26. The third-order valence-electron chi connectivity index (χ3n) is 2.59. The molecule has 2 nitrogen and oxygen atoms in total. The molecule has 0 aromatic rings. The first kappa shape index (κ1) is 13.9. The molecule has 0 aliphatic carbocycles. The Morgan fingerprint density at radius 3 is 2.00 bits per heavy atom. The van der Waals surface area contributed by atoms with Crippen LogP contribution >= 0.6 is 0 Å². The molecule has 0 saturated carbocycles. The van der Waals surface area contributed by atoms with E-state index in [0.29, 0.717) is 0 Å². The van der Waals surface area contributed by atoms with Crippen molar-refractivity contribution in [2.75, 3.05) is 13.2 Å². The highest BCUT2D eigenvalue weighted by molar-refractivity contribution is 4.75. The Labute approximate surface area is 89.2 Å². The van der Waals surface area contributed by atoms with E-state index in [1.807, 2.05) is 0 Å². The molecular weight excluding hydrogens is 174 g/mol. The molecule has 86 valence electrons. The highest BCUT2D eigenvalue weighted by Gasteiger charge is 2.22. The van der Waals surface area contributed by atoms with Crippen LogP contribution in [-0.2, 0) is 4.74 Å². The average Bonchev–Trinajstić information content (AvgIpc) is 2.02. The van der Waals surface area contributed by atoms with Gasteiger partial charge in [-0.05, 0) is 45.6 Å². The maximum absolute atomic E-state index is 5.79. The zero-order valence-corrected chi connectivity index (χ0v) is 10.5. The molecule has 0 radical (unpaired) electrons. The summed E-state index contributed by atoms with van der Waals surface area (Å²) >= 11 is 0. The largest absolute Gasteiger partial charge is 0.376 e. The second-order valence-electron chi connectivity index (χ2n) is 5.48. The van der Waals surface area contributed by atoms with Crippen molar-refractivity contribution in [2.24, 2.45) is 11.1 Å². The second-order valence-corrected chi connectivity index (χ2v) is 5.48. The fourth-order valence-corrected chi connectivity index (χ4v) is 1.54. The first-order valence-corrected chi connectivity index (χ1v) is 5.67. The van der Waals surface area contributed by atoms with Gasteiger partial charge in [-0.3, -0.25) is 0 Å². The predicted molar refractivity (Wildman–Crippen MR) is 62.4 cm³/mol. The van der Waals surface area contributed by atoms with E-state index in [1.165, 1.54) is 12.8 Å². The number of nitrogens with two attached hydrogens (primary N) is 1. The summed E-state index contributed by atoms with van der Waals surface area (Å²) in [5, 5.41) is 0. The van der Waals surface area contributed by atoms with Crippen molar-refractivity contribution in [3.63, 3.8) is 0 Å². The van der Waals surface area contributed by atoms with Gasteiger partial charge in [0.1, 0.15) is 0 Å². The van der Waals surface area contributed by atoms with Crippen LogP contribution in [0.25, 0.3) is 0 Å². The summed E-state index contributed by atoms with van der Waals surface area (Å²) in [4.78, 5) is 0. The maximum Gasteiger partial charge on any atom is 0.0598 e. The van der Waals surface area contributed by atoms with Gasteiger partial charge in [-0.15, -0.1) is 0 Å². The summed E-state index contributed by atoms with van der Waals surface area (Å²) in [7, 11) is 0. The van der Waals surface area contributed by atoms with Gasteiger partial charge < -0.3 is 10.5 Å². The highest BCUT2D eigenvalue weighted by atomic mass is 16.5. The average molecular weight is 201 g/mol. The summed E-state index contributed by atoms with van der Waals surface area (Å²) in [6.07, 6.45) is 3.45. The van der Waals surface area contributed by atoms with Gasteiger partial charge in [0.2, 0.25) is 0 Å². The molecule has 14 heavy (non-hydrogen) atoms. The van der Waals surface area contributed by atoms with Crippen LogP contribution in [0.4, 0.5) is 0 Å². The fourth-order valence-electron chi connectivity index (χ4n) is 1.54. The van der Waals surface area contributed by atoms with Crippen LogP contribution in [-0.4, -0.2) is 18.8 Å². The minimum absolute atomic E-state index is 0.0261. The lowest BCUT2D eigenvalue weighted by molar-refractivity contribution is -0.0172. The Hall–Kier alpha value is -0.0800. The third kappa shape index (κ3) is 6.39. The molecule has 1 atom stereocenters. The van der Waals surface area contributed by atoms with Gasteiger partial charge in [-0.1, -0.05) is 20.3 Å². The van der Waals surface area contributed by atoms with E-state index in [1.54, 1.807) is 0 Å². The first-order chi connectivity index (χ1) is 6.33. The van der Waals surface area contributed by atoms with E-state index >= 15 is 0 Å². The lowest BCUT2D eigenvalue weighted by Gasteiger charge is -2.29. The summed E-state index contributed by atoms with van der Waals surface area (Å²) in [5.74, 6) is 0. The minimum Gasteiger partial charge on any atom is -0.376 e. The molecule has 1 unspecified atom stereocenters. The van der Waals surface area contributed by atoms with E-state index < -0.39 is 0 Å². The predicted octanol–water partition coefficient (Wildman–Crippen LogP) is 2.96. The van der Waals surface area contributed by atoms with E-state index in [4.69, 9.17) is 10.5 Å². The summed E-state index contributed by atoms with van der Waals surface area (Å²) < 4.78 is 5.72. The standard InChI is InChI=1S/C12H27NO/c1-6-7-12(5,10-13)8-9-14-11(2,3)4/h6-10,13H2,1-5H3. The van der Waals surface area contributed by atoms with Crippen molar-refractivity contribution >= 4 is 0 Å². The van der Waals surface area contributed by atoms with Gasteiger partial charge in [-0.2, -0.15) is 0 Å². The quantitative estimate of drug-likeness (QED) is 0.717. The Morgan fingerprint density at radius 2 is 1.64 bits per heavy atom. The summed E-state index contributed by atoms with van der Waals surface area (Å²) in [6, 6.07) is 0. The summed E-state index contributed by atoms with van der Waals surface area (Å²) in [5.41, 5.74) is 6.03. The van der Waals surface area contributed by atoms with Crippen LogP contribution in [0, 0.1) is 5.41 Å². The van der Waals surface area contributed by atoms with Crippen molar-refractivity contribution in [3.05, 3.63) is 0 Å². The van der Waals surface area contributed by atoms with Crippen molar-refractivity contribution in [1.29, 1.82) is 0 Å². The van der Waals surface area contributed by atoms with Crippen LogP contribution in [0.1, 0.15) is 53.9 Å². The van der Waals surface area contributed by atoms with Crippen molar-refractivity contribution < 1.29 is 4.74 Å². The van der Waals surface area contributed by atoms with Gasteiger partial charge in [0, 0.05) is 6.61 Å².